The Bertz CT molecular complexity index is 632. The van der Waals surface area contributed by atoms with Crippen LogP contribution in [0.4, 0.5) is 5.13 Å². The smallest absolute Gasteiger partial charge is 0.258 e. The van der Waals surface area contributed by atoms with Crippen LogP contribution in [0, 0.1) is 0 Å². The summed E-state index contributed by atoms with van der Waals surface area (Å²) in [4.78, 5) is 19.1. The van der Waals surface area contributed by atoms with Gasteiger partial charge in [0, 0.05) is 17.3 Å². The predicted octanol–water partition coefficient (Wildman–Crippen LogP) is 4.60. The Hall–Kier alpha value is -0.760. The summed E-state index contributed by atoms with van der Waals surface area (Å²) in [7, 11) is 0. The lowest BCUT2D eigenvalue weighted by atomic mass is 10.2. The van der Waals surface area contributed by atoms with E-state index in [1.807, 2.05) is 16.8 Å². The van der Waals surface area contributed by atoms with Gasteiger partial charge in [0.15, 0.2) is 5.13 Å². The van der Waals surface area contributed by atoms with Gasteiger partial charge in [-0.15, -0.1) is 22.7 Å². The molecule has 0 radical (unpaired) electrons. The predicted molar refractivity (Wildman–Crippen MR) is 95.8 cm³/mol. The third kappa shape index (κ3) is 4.38. The molecule has 2 aromatic rings. The maximum Gasteiger partial charge on any atom is 0.258 e. The van der Waals surface area contributed by atoms with Crippen LogP contribution in [0.2, 0.25) is 0 Å². The number of hydrogen-bond acceptors (Lipinski definition) is 5. The lowest BCUT2D eigenvalue weighted by Crippen LogP contribution is -2.24. The number of likely N-dealkylation sites (tertiary alicyclic amines) is 1. The molecule has 2 aromatic heterocycles. The number of aromatic nitrogens is 1. The number of anilines is 1. The second-order valence-corrected chi connectivity index (χ2v) is 8.58. The molecule has 1 fully saturated rings. The Balaban J connectivity index is 1.57. The van der Waals surface area contributed by atoms with Gasteiger partial charge in [0.05, 0.1) is 15.0 Å². The van der Waals surface area contributed by atoms with Gasteiger partial charge in [0.1, 0.15) is 0 Å². The first-order valence-electron chi connectivity index (χ1n) is 7.43. The molecule has 0 spiro atoms. The van der Waals surface area contributed by atoms with Gasteiger partial charge in [-0.1, -0.05) is 12.8 Å². The highest BCUT2D eigenvalue weighted by Gasteiger charge is 2.13. The van der Waals surface area contributed by atoms with Crippen LogP contribution >= 0.6 is 38.6 Å². The molecule has 1 N–H and O–H groups in total. The van der Waals surface area contributed by atoms with Crippen molar-refractivity contribution in [1.82, 2.24) is 9.88 Å². The number of thiazole rings is 1. The van der Waals surface area contributed by atoms with Crippen molar-refractivity contribution in [2.45, 2.75) is 32.2 Å². The fourth-order valence-electron chi connectivity index (χ4n) is 2.56. The van der Waals surface area contributed by atoms with E-state index in [1.54, 1.807) is 0 Å². The Morgan fingerprint density at radius 1 is 1.23 bits per heavy atom. The molecule has 22 heavy (non-hydrogen) atoms. The van der Waals surface area contributed by atoms with Crippen LogP contribution in [0.15, 0.2) is 20.6 Å². The highest BCUT2D eigenvalue weighted by atomic mass is 79.9. The van der Waals surface area contributed by atoms with Crippen molar-refractivity contribution in [3.05, 3.63) is 31.9 Å². The van der Waals surface area contributed by atoms with E-state index in [2.05, 4.69) is 31.1 Å². The van der Waals surface area contributed by atoms with Crippen molar-refractivity contribution in [3.63, 3.8) is 0 Å². The van der Waals surface area contributed by atoms with Crippen LogP contribution in [-0.2, 0) is 6.54 Å². The first kappa shape index (κ1) is 16.1. The summed E-state index contributed by atoms with van der Waals surface area (Å²) in [6.07, 6.45) is 5.23. The monoisotopic (exact) mass is 399 g/mol. The summed E-state index contributed by atoms with van der Waals surface area (Å²) in [5.41, 5.74) is 1.72. The van der Waals surface area contributed by atoms with E-state index in [4.69, 9.17) is 0 Å². The summed E-state index contributed by atoms with van der Waals surface area (Å²) >= 11 is 6.37. The number of hydrogen-bond donors (Lipinski definition) is 1. The number of thiophene rings is 1. The molecule has 1 amide bonds. The number of carbonyl (C=O) groups is 1. The first-order chi connectivity index (χ1) is 10.7. The van der Waals surface area contributed by atoms with Gasteiger partial charge in [0.25, 0.3) is 5.91 Å². The third-order valence-electron chi connectivity index (χ3n) is 3.69. The average Bonchev–Trinajstić information content (AvgIpc) is 3.03. The minimum atomic E-state index is -0.0994. The molecule has 3 heterocycles. The van der Waals surface area contributed by atoms with Gasteiger partial charge in [-0.3, -0.25) is 15.0 Å². The van der Waals surface area contributed by atoms with Crippen LogP contribution in [-0.4, -0.2) is 28.9 Å². The number of rotatable bonds is 4. The zero-order chi connectivity index (χ0) is 15.4. The van der Waals surface area contributed by atoms with Crippen LogP contribution in [0.1, 0.15) is 41.7 Å². The van der Waals surface area contributed by atoms with E-state index in [1.165, 1.54) is 48.4 Å². The fraction of sp³-hybridized carbons (Fsp3) is 0.467. The first-order valence-corrected chi connectivity index (χ1v) is 9.98. The molecule has 7 heteroatoms. The fourth-order valence-corrected chi connectivity index (χ4v) is 4.39. The minimum Gasteiger partial charge on any atom is -0.298 e. The Labute approximate surface area is 146 Å². The number of nitrogens with one attached hydrogen (secondary N) is 1. The quantitative estimate of drug-likeness (QED) is 0.816. The van der Waals surface area contributed by atoms with Gasteiger partial charge >= 0.3 is 0 Å². The summed E-state index contributed by atoms with van der Waals surface area (Å²) in [5.74, 6) is -0.0994. The molecule has 1 aliphatic rings. The van der Waals surface area contributed by atoms with Crippen molar-refractivity contribution < 1.29 is 4.79 Å². The van der Waals surface area contributed by atoms with Crippen molar-refractivity contribution in [3.8, 4) is 0 Å². The zero-order valence-electron chi connectivity index (χ0n) is 12.2. The van der Waals surface area contributed by atoms with E-state index in [-0.39, 0.29) is 5.91 Å². The van der Waals surface area contributed by atoms with Gasteiger partial charge < -0.3 is 0 Å². The number of halogens is 1. The lowest BCUT2D eigenvalue weighted by molar-refractivity contribution is 0.102. The molecule has 1 aliphatic heterocycles. The van der Waals surface area contributed by atoms with Crippen molar-refractivity contribution in [2.24, 2.45) is 0 Å². The Morgan fingerprint density at radius 3 is 2.68 bits per heavy atom. The van der Waals surface area contributed by atoms with Crippen molar-refractivity contribution >= 4 is 49.6 Å². The molecule has 0 atom stereocenters. The normalized spacial score (nSPS) is 16.4. The average molecular weight is 400 g/mol. The highest BCUT2D eigenvalue weighted by Crippen LogP contribution is 2.23. The molecule has 4 nitrogen and oxygen atoms in total. The zero-order valence-corrected chi connectivity index (χ0v) is 15.4. The molecular formula is C15H18BrN3OS2. The Morgan fingerprint density at radius 2 is 2.00 bits per heavy atom. The topological polar surface area (TPSA) is 45.2 Å². The van der Waals surface area contributed by atoms with Crippen molar-refractivity contribution in [1.29, 1.82) is 0 Å². The number of carbonyl (C=O) groups excluding carboxylic acids is 1. The summed E-state index contributed by atoms with van der Waals surface area (Å²) in [6, 6.07) is 1.83. The Kier molecular flexibility index (Phi) is 5.62. The third-order valence-corrected chi connectivity index (χ3v) is 6.00. The number of amides is 1. The van der Waals surface area contributed by atoms with Crippen LogP contribution in [0.3, 0.4) is 0 Å². The summed E-state index contributed by atoms with van der Waals surface area (Å²) in [6.45, 7) is 3.20. The second kappa shape index (κ2) is 7.68. The standard InChI is InChI=1S/C15H18BrN3OS2/c16-13-7-11(9-21-13)14(20)18-15-17-12(10-22-15)8-19-5-3-1-2-4-6-19/h7,9-10H,1-6,8H2,(H,17,18,20). The molecule has 3 rings (SSSR count). The van der Waals surface area contributed by atoms with E-state index in [9.17, 15) is 4.79 Å². The minimum absolute atomic E-state index is 0.0994. The van der Waals surface area contributed by atoms with Gasteiger partial charge in [-0.25, -0.2) is 4.98 Å². The van der Waals surface area contributed by atoms with E-state index in [0.29, 0.717) is 10.7 Å². The van der Waals surface area contributed by atoms with E-state index < -0.39 is 0 Å². The van der Waals surface area contributed by atoms with E-state index in [0.717, 1.165) is 29.1 Å². The summed E-state index contributed by atoms with van der Waals surface area (Å²) < 4.78 is 0.957. The van der Waals surface area contributed by atoms with Crippen LogP contribution in [0.25, 0.3) is 0 Å². The van der Waals surface area contributed by atoms with Gasteiger partial charge in [0.2, 0.25) is 0 Å². The molecule has 0 aromatic carbocycles. The molecule has 0 unspecified atom stereocenters. The lowest BCUT2D eigenvalue weighted by Gasteiger charge is -2.17. The van der Waals surface area contributed by atoms with Crippen LogP contribution in [0.5, 0.6) is 0 Å². The molecule has 0 bridgehead atoms. The maximum absolute atomic E-state index is 12.1. The van der Waals surface area contributed by atoms with Gasteiger partial charge in [-0.05, 0) is 47.9 Å². The molecule has 0 aliphatic carbocycles. The summed E-state index contributed by atoms with van der Waals surface area (Å²) in [5, 5.41) is 7.44. The largest absolute Gasteiger partial charge is 0.298 e. The number of nitrogens with zero attached hydrogens (tertiary/aromatic N) is 2. The molecular weight excluding hydrogens is 382 g/mol. The van der Waals surface area contributed by atoms with Crippen LogP contribution < -0.4 is 5.32 Å². The SMILES string of the molecule is O=C(Nc1nc(CN2CCCCCC2)cs1)c1csc(Br)c1. The molecule has 1 saturated heterocycles. The van der Waals surface area contributed by atoms with Crippen molar-refractivity contribution in [2.75, 3.05) is 18.4 Å². The maximum atomic E-state index is 12.1. The molecule has 118 valence electrons. The highest BCUT2D eigenvalue weighted by molar-refractivity contribution is 9.11. The van der Waals surface area contributed by atoms with E-state index >= 15 is 0 Å². The van der Waals surface area contributed by atoms with Gasteiger partial charge in [-0.2, -0.15) is 0 Å². The molecule has 0 saturated carbocycles. The second-order valence-electron chi connectivity index (χ2n) is 5.43.